The number of aromatic nitrogens is 1. The number of benzene rings is 2. The average molecular weight is 523 g/mol. The highest BCUT2D eigenvalue weighted by atomic mass is 19.4. The monoisotopic (exact) mass is 522 g/mol. The van der Waals surface area contributed by atoms with Crippen LogP contribution in [0.4, 0.5) is 18.0 Å². The molecule has 2 unspecified atom stereocenters. The number of piperidine rings is 1. The van der Waals surface area contributed by atoms with Crippen LogP contribution in [0.1, 0.15) is 45.8 Å². The van der Waals surface area contributed by atoms with Crippen LogP contribution < -0.4 is 0 Å². The summed E-state index contributed by atoms with van der Waals surface area (Å²) in [5.41, 5.74) is 3.04. The van der Waals surface area contributed by atoms with Gasteiger partial charge in [0.15, 0.2) is 5.78 Å². The molecule has 1 aromatic heterocycles. The number of Topliss-reactive ketones (excluding diaryl/α,β-unsaturated/α-hetero) is 1. The number of carbonyl (C=O) groups is 2. The molecular weight excluding hydrogens is 497 g/mol. The van der Waals surface area contributed by atoms with Crippen molar-refractivity contribution in [2.45, 2.75) is 37.0 Å². The summed E-state index contributed by atoms with van der Waals surface area (Å²) < 4.78 is 52.0. The smallest absolute Gasteiger partial charge is 0.417 e. The van der Waals surface area contributed by atoms with Crippen molar-refractivity contribution in [2.75, 3.05) is 19.8 Å². The Balaban J connectivity index is 1.18. The van der Waals surface area contributed by atoms with Gasteiger partial charge in [-0.05, 0) is 41.2 Å². The highest BCUT2D eigenvalue weighted by Crippen LogP contribution is 2.45. The van der Waals surface area contributed by atoms with Crippen molar-refractivity contribution in [3.8, 4) is 11.1 Å². The van der Waals surface area contributed by atoms with Gasteiger partial charge in [0.1, 0.15) is 6.61 Å². The summed E-state index contributed by atoms with van der Waals surface area (Å²) >= 11 is 0. The molecule has 3 heterocycles. The fourth-order valence-corrected chi connectivity index (χ4v) is 6.15. The van der Waals surface area contributed by atoms with Crippen molar-refractivity contribution >= 4 is 11.9 Å². The molecule has 2 bridgehead atoms. The van der Waals surface area contributed by atoms with E-state index in [0.717, 1.165) is 40.7 Å². The SMILES string of the molecule is O=C(c1cnccc1C(F)(F)F)C1CC2COCC(C1)N2C(=O)OCC1c2ccccc2-c2ccccc21. The predicted octanol–water partition coefficient (Wildman–Crippen LogP) is 5.71. The fraction of sp³-hybridized carbons (Fsp3) is 0.345. The van der Waals surface area contributed by atoms with Crippen LogP contribution in [-0.2, 0) is 15.7 Å². The lowest BCUT2D eigenvalue weighted by Crippen LogP contribution is -2.60. The van der Waals surface area contributed by atoms with E-state index >= 15 is 0 Å². The normalized spacial score (nSPS) is 22.5. The summed E-state index contributed by atoms with van der Waals surface area (Å²) in [6.07, 6.45) is -2.74. The first-order valence-electron chi connectivity index (χ1n) is 12.6. The number of carbonyl (C=O) groups excluding carboxylic acids is 2. The third kappa shape index (κ3) is 4.24. The number of amides is 1. The van der Waals surface area contributed by atoms with E-state index in [0.29, 0.717) is 0 Å². The fourth-order valence-electron chi connectivity index (χ4n) is 6.15. The van der Waals surface area contributed by atoms with Gasteiger partial charge in [0.2, 0.25) is 0 Å². The summed E-state index contributed by atoms with van der Waals surface area (Å²) in [4.78, 5) is 31.9. The molecule has 1 amide bonds. The van der Waals surface area contributed by atoms with Gasteiger partial charge in [0.25, 0.3) is 0 Å². The molecule has 9 heteroatoms. The van der Waals surface area contributed by atoms with E-state index in [-0.39, 0.29) is 38.6 Å². The van der Waals surface area contributed by atoms with Gasteiger partial charge in [0, 0.05) is 29.8 Å². The highest BCUT2D eigenvalue weighted by Gasteiger charge is 2.46. The molecule has 2 atom stereocenters. The number of fused-ring (bicyclic) bond motifs is 5. The van der Waals surface area contributed by atoms with Gasteiger partial charge < -0.3 is 9.47 Å². The van der Waals surface area contributed by atoms with E-state index in [1.54, 1.807) is 4.90 Å². The van der Waals surface area contributed by atoms with Crippen molar-refractivity contribution in [3.63, 3.8) is 0 Å². The lowest BCUT2D eigenvalue weighted by Gasteiger charge is -2.47. The topological polar surface area (TPSA) is 68.7 Å². The molecule has 2 fully saturated rings. The number of rotatable bonds is 4. The van der Waals surface area contributed by atoms with E-state index in [4.69, 9.17) is 9.47 Å². The average Bonchev–Trinajstić information content (AvgIpc) is 3.23. The second kappa shape index (κ2) is 9.54. The van der Waals surface area contributed by atoms with E-state index in [1.165, 1.54) is 0 Å². The Morgan fingerprint density at radius 1 is 0.947 bits per heavy atom. The summed E-state index contributed by atoms with van der Waals surface area (Å²) in [5, 5.41) is 0. The van der Waals surface area contributed by atoms with Crippen molar-refractivity contribution in [1.29, 1.82) is 0 Å². The maximum Gasteiger partial charge on any atom is 0.417 e. The zero-order valence-electron chi connectivity index (χ0n) is 20.4. The quantitative estimate of drug-likeness (QED) is 0.411. The molecule has 2 saturated heterocycles. The number of halogens is 3. The molecule has 3 aliphatic rings. The van der Waals surface area contributed by atoms with E-state index < -0.39 is 47.2 Å². The predicted molar refractivity (Wildman–Crippen MR) is 132 cm³/mol. The molecule has 0 spiro atoms. The van der Waals surface area contributed by atoms with Crippen molar-refractivity contribution < 1.29 is 32.2 Å². The zero-order valence-corrected chi connectivity index (χ0v) is 20.4. The molecule has 1 aliphatic carbocycles. The second-order valence-electron chi connectivity index (χ2n) is 10.0. The highest BCUT2D eigenvalue weighted by molar-refractivity contribution is 5.99. The van der Waals surface area contributed by atoms with Gasteiger partial charge in [0.05, 0.1) is 30.9 Å². The van der Waals surface area contributed by atoms with E-state index in [9.17, 15) is 22.8 Å². The van der Waals surface area contributed by atoms with Crippen molar-refractivity contribution in [3.05, 3.63) is 89.2 Å². The summed E-state index contributed by atoms with van der Waals surface area (Å²) in [6.45, 7) is 0.559. The molecule has 2 aliphatic heterocycles. The van der Waals surface area contributed by atoms with Gasteiger partial charge >= 0.3 is 12.3 Å². The van der Waals surface area contributed by atoms with Gasteiger partial charge in [-0.1, -0.05) is 48.5 Å². The number of ketones is 1. The second-order valence-corrected chi connectivity index (χ2v) is 10.0. The van der Waals surface area contributed by atoms with Crippen LogP contribution in [0.3, 0.4) is 0 Å². The van der Waals surface area contributed by atoms with Gasteiger partial charge in [-0.25, -0.2) is 4.79 Å². The third-order valence-electron chi connectivity index (χ3n) is 7.83. The molecule has 6 nitrogen and oxygen atoms in total. The number of hydrogen-bond acceptors (Lipinski definition) is 5. The number of pyridine rings is 1. The zero-order chi connectivity index (χ0) is 26.4. The molecule has 6 rings (SSSR count). The van der Waals surface area contributed by atoms with Crippen LogP contribution >= 0.6 is 0 Å². The Kier molecular flexibility index (Phi) is 6.18. The molecular formula is C29H25F3N2O4. The molecule has 2 aromatic carbocycles. The number of morpholine rings is 1. The molecule has 38 heavy (non-hydrogen) atoms. The number of ether oxygens (including phenoxy) is 2. The van der Waals surface area contributed by atoms with Crippen LogP contribution in [0.5, 0.6) is 0 Å². The van der Waals surface area contributed by atoms with Gasteiger partial charge in [-0.2, -0.15) is 13.2 Å². The summed E-state index contributed by atoms with van der Waals surface area (Å²) in [5.74, 6) is -1.36. The van der Waals surface area contributed by atoms with Crippen LogP contribution in [0, 0.1) is 5.92 Å². The summed E-state index contributed by atoms with van der Waals surface area (Å²) in [6, 6.07) is 16.0. The Labute approximate surface area is 217 Å². The van der Waals surface area contributed by atoms with Gasteiger partial charge in [-0.15, -0.1) is 0 Å². The maximum absolute atomic E-state index is 13.5. The first-order chi connectivity index (χ1) is 18.3. The molecule has 0 radical (unpaired) electrons. The van der Waals surface area contributed by atoms with Crippen LogP contribution in [0.25, 0.3) is 11.1 Å². The molecule has 0 N–H and O–H groups in total. The Bertz CT molecular complexity index is 1330. The molecule has 3 aromatic rings. The van der Waals surface area contributed by atoms with E-state index in [2.05, 4.69) is 17.1 Å². The van der Waals surface area contributed by atoms with Crippen LogP contribution in [0.15, 0.2) is 67.0 Å². The molecule has 0 saturated carbocycles. The van der Waals surface area contributed by atoms with Crippen LogP contribution in [-0.4, -0.2) is 53.7 Å². The van der Waals surface area contributed by atoms with E-state index in [1.807, 2.05) is 36.4 Å². The number of nitrogens with zero attached hydrogens (tertiary/aromatic N) is 2. The standard InChI is InChI=1S/C29H25F3N2O4/c30-29(31,32)26-9-10-33-13-24(26)27(35)17-11-18-14-37-15-19(12-17)34(18)28(36)38-16-25-22-7-3-1-5-20(22)21-6-2-4-8-23(21)25/h1-10,13,17-19,25H,11-12,14-16H2. The van der Waals surface area contributed by atoms with Crippen LogP contribution in [0.2, 0.25) is 0 Å². The largest absolute Gasteiger partial charge is 0.448 e. The first-order valence-corrected chi connectivity index (χ1v) is 12.6. The summed E-state index contributed by atoms with van der Waals surface area (Å²) in [7, 11) is 0. The Hall–Kier alpha value is -3.72. The molecule has 196 valence electrons. The minimum Gasteiger partial charge on any atom is -0.448 e. The maximum atomic E-state index is 13.5. The lowest BCUT2D eigenvalue weighted by atomic mass is 9.80. The first kappa shape index (κ1) is 24.6. The Morgan fingerprint density at radius 2 is 1.55 bits per heavy atom. The van der Waals surface area contributed by atoms with Gasteiger partial charge in [-0.3, -0.25) is 14.7 Å². The minimum absolute atomic E-state index is 0.0899. The lowest BCUT2D eigenvalue weighted by molar-refractivity contribution is -0.138. The number of hydrogen-bond donors (Lipinski definition) is 0. The third-order valence-corrected chi connectivity index (χ3v) is 7.83. The Morgan fingerprint density at radius 3 is 2.16 bits per heavy atom. The van der Waals surface area contributed by atoms with Crippen molar-refractivity contribution in [2.24, 2.45) is 5.92 Å². The van der Waals surface area contributed by atoms with Crippen molar-refractivity contribution in [1.82, 2.24) is 9.88 Å². The number of alkyl halides is 3. The minimum atomic E-state index is -4.66.